The molecule has 122 valence electrons. The third kappa shape index (κ3) is 2.17. The highest BCUT2D eigenvalue weighted by Crippen LogP contribution is 2.50. The van der Waals surface area contributed by atoms with Crippen LogP contribution in [-0.4, -0.2) is 58.5 Å². The Morgan fingerprint density at radius 2 is 1.83 bits per heavy atom. The number of thioether (sulfide) groups is 1. The molecule has 3 heterocycles. The lowest BCUT2D eigenvalue weighted by atomic mass is 10.0. The molecule has 0 radical (unpaired) electrons. The second-order valence-corrected chi connectivity index (χ2v) is 7.76. The fourth-order valence-corrected chi connectivity index (χ4v) is 5.26. The van der Waals surface area contributed by atoms with Gasteiger partial charge in [-0.25, -0.2) is 14.1 Å². The van der Waals surface area contributed by atoms with Crippen molar-refractivity contribution in [1.29, 1.82) is 0 Å². The van der Waals surface area contributed by atoms with Gasteiger partial charge < -0.3 is 4.90 Å². The largest absolute Gasteiger partial charge is 0.333 e. The van der Waals surface area contributed by atoms with Crippen LogP contribution >= 0.6 is 11.8 Å². The van der Waals surface area contributed by atoms with E-state index in [9.17, 15) is 14.0 Å². The highest BCUT2D eigenvalue weighted by molar-refractivity contribution is 8.01. The molecule has 3 saturated heterocycles. The molecule has 0 saturated carbocycles. The van der Waals surface area contributed by atoms with Gasteiger partial charge in [0.2, 0.25) is 0 Å². The molecule has 0 aliphatic carbocycles. The number of hydrogen-bond acceptors (Lipinski definition) is 4. The van der Waals surface area contributed by atoms with Gasteiger partial charge >= 0.3 is 6.03 Å². The number of halogens is 1. The number of carbonyl (C=O) groups is 2. The number of fused-ring (bicyclic) bond motifs is 2. The number of benzene rings is 1. The van der Waals surface area contributed by atoms with E-state index in [-0.39, 0.29) is 28.7 Å². The van der Waals surface area contributed by atoms with Crippen LogP contribution in [0.4, 0.5) is 14.9 Å². The van der Waals surface area contributed by atoms with Crippen LogP contribution in [0.5, 0.6) is 0 Å². The third-order valence-corrected chi connectivity index (χ3v) is 6.64. The van der Waals surface area contributed by atoms with Crippen LogP contribution in [0.2, 0.25) is 0 Å². The minimum absolute atomic E-state index is 0.190. The second-order valence-electron chi connectivity index (χ2n) is 6.38. The van der Waals surface area contributed by atoms with Crippen molar-refractivity contribution in [3.63, 3.8) is 0 Å². The summed E-state index contributed by atoms with van der Waals surface area (Å²) in [7, 11) is 2.08. The zero-order valence-corrected chi connectivity index (χ0v) is 13.7. The number of urea groups is 1. The third-order valence-electron chi connectivity index (χ3n) is 5.02. The van der Waals surface area contributed by atoms with E-state index >= 15 is 0 Å². The molecule has 3 amide bonds. The Hall–Kier alpha value is -1.60. The van der Waals surface area contributed by atoms with Crippen LogP contribution in [0.3, 0.4) is 0 Å². The van der Waals surface area contributed by atoms with E-state index in [2.05, 4.69) is 11.9 Å². The molecule has 23 heavy (non-hydrogen) atoms. The predicted molar refractivity (Wildman–Crippen MR) is 86.8 cm³/mol. The first-order valence-electron chi connectivity index (χ1n) is 7.77. The van der Waals surface area contributed by atoms with Crippen LogP contribution in [-0.2, 0) is 4.79 Å². The summed E-state index contributed by atoms with van der Waals surface area (Å²) in [4.78, 5) is 30.7. The van der Waals surface area contributed by atoms with Crippen molar-refractivity contribution in [3.8, 4) is 0 Å². The molecule has 7 heteroatoms. The van der Waals surface area contributed by atoms with Gasteiger partial charge in [-0.15, -0.1) is 11.8 Å². The summed E-state index contributed by atoms with van der Waals surface area (Å²) in [5.74, 6) is 0.0759. The van der Waals surface area contributed by atoms with E-state index in [4.69, 9.17) is 0 Å². The van der Waals surface area contributed by atoms with Crippen LogP contribution in [0, 0.1) is 5.82 Å². The Kier molecular flexibility index (Phi) is 3.39. The summed E-state index contributed by atoms with van der Waals surface area (Å²) >= 11 is 1.74. The molecule has 4 rings (SSSR count). The zero-order valence-electron chi connectivity index (χ0n) is 12.9. The maximum Gasteiger partial charge on any atom is 0.333 e. The topological polar surface area (TPSA) is 43.9 Å². The first-order valence-corrected chi connectivity index (χ1v) is 8.76. The minimum atomic E-state index is -0.388. The van der Waals surface area contributed by atoms with Gasteiger partial charge in [0.05, 0.1) is 10.6 Å². The fraction of sp³-hybridized carbons (Fsp3) is 0.500. The lowest BCUT2D eigenvalue weighted by molar-refractivity contribution is -0.119. The van der Waals surface area contributed by atoms with Gasteiger partial charge in [0.15, 0.2) is 0 Å². The average Bonchev–Trinajstić information content (AvgIpc) is 3.03. The standard InChI is InChI=1S/C16H18FN3O2S/c1-18-8-6-16(7-9-18)20-13(10-23-16)14(21)19(15(20)22)12-4-2-11(17)3-5-12/h2-5,13H,6-10H2,1H3/t13-/m0/s1. The van der Waals surface area contributed by atoms with Gasteiger partial charge in [-0.1, -0.05) is 0 Å². The van der Waals surface area contributed by atoms with Gasteiger partial charge in [0.25, 0.3) is 5.91 Å². The fourth-order valence-electron chi connectivity index (χ4n) is 3.68. The average molecular weight is 335 g/mol. The number of hydrogen-bond donors (Lipinski definition) is 0. The van der Waals surface area contributed by atoms with Crippen molar-refractivity contribution in [2.75, 3.05) is 30.8 Å². The normalized spacial score (nSPS) is 27.1. The monoisotopic (exact) mass is 335 g/mol. The SMILES string of the molecule is CN1CCC2(CC1)SC[C@H]1C(=O)N(c3ccc(F)cc3)C(=O)N12. The van der Waals surface area contributed by atoms with E-state index in [1.165, 1.54) is 29.2 Å². The molecule has 1 spiro atoms. The number of imide groups is 1. The summed E-state index contributed by atoms with van der Waals surface area (Å²) in [6, 6.07) is 4.88. The van der Waals surface area contributed by atoms with Gasteiger partial charge in [0.1, 0.15) is 11.9 Å². The number of amides is 3. The van der Waals surface area contributed by atoms with Crippen LogP contribution < -0.4 is 4.90 Å². The van der Waals surface area contributed by atoms with E-state index in [1.54, 1.807) is 16.7 Å². The van der Waals surface area contributed by atoms with Crippen molar-refractivity contribution < 1.29 is 14.0 Å². The Morgan fingerprint density at radius 1 is 1.17 bits per heavy atom. The highest BCUT2D eigenvalue weighted by atomic mass is 32.2. The van der Waals surface area contributed by atoms with Crippen molar-refractivity contribution in [2.45, 2.75) is 23.8 Å². The molecule has 3 aliphatic heterocycles. The van der Waals surface area contributed by atoms with Crippen LogP contribution in [0.15, 0.2) is 24.3 Å². The summed E-state index contributed by atoms with van der Waals surface area (Å²) in [6.07, 6.45) is 1.75. The lowest BCUT2D eigenvalue weighted by Gasteiger charge is -2.42. The maximum absolute atomic E-state index is 13.1. The van der Waals surface area contributed by atoms with E-state index in [0.717, 1.165) is 25.9 Å². The molecule has 5 nitrogen and oxygen atoms in total. The lowest BCUT2D eigenvalue weighted by Crippen LogP contribution is -2.52. The molecule has 0 N–H and O–H groups in total. The number of likely N-dealkylation sites (tertiary alicyclic amines) is 1. The second kappa shape index (κ2) is 5.21. The van der Waals surface area contributed by atoms with Crippen LogP contribution in [0.25, 0.3) is 0 Å². The van der Waals surface area contributed by atoms with Crippen molar-refractivity contribution >= 4 is 29.4 Å². The molecule has 0 bridgehead atoms. The van der Waals surface area contributed by atoms with Gasteiger partial charge in [-0.2, -0.15) is 0 Å². The maximum atomic E-state index is 13.1. The summed E-state index contributed by atoms with van der Waals surface area (Å²) < 4.78 is 13.1. The zero-order chi connectivity index (χ0) is 16.2. The van der Waals surface area contributed by atoms with E-state index in [0.29, 0.717) is 11.4 Å². The molecule has 0 unspecified atom stereocenters. The molecule has 0 aromatic heterocycles. The first kappa shape index (κ1) is 15.0. The Morgan fingerprint density at radius 3 is 2.48 bits per heavy atom. The van der Waals surface area contributed by atoms with E-state index in [1.807, 2.05) is 0 Å². The first-order chi connectivity index (χ1) is 11.0. The summed E-state index contributed by atoms with van der Waals surface area (Å²) in [5.41, 5.74) is 0.448. The summed E-state index contributed by atoms with van der Waals surface area (Å²) in [5, 5.41) is 0. The number of rotatable bonds is 1. The Labute approximate surface area is 138 Å². The van der Waals surface area contributed by atoms with Crippen molar-refractivity contribution in [2.24, 2.45) is 0 Å². The van der Waals surface area contributed by atoms with Crippen molar-refractivity contribution in [3.05, 3.63) is 30.1 Å². The van der Waals surface area contributed by atoms with Crippen molar-refractivity contribution in [1.82, 2.24) is 9.80 Å². The van der Waals surface area contributed by atoms with Gasteiger partial charge in [-0.3, -0.25) is 9.69 Å². The predicted octanol–water partition coefficient (Wildman–Crippen LogP) is 2.13. The minimum Gasteiger partial charge on any atom is -0.306 e. The molecule has 3 fully saturated rings. The molecule has 3 aliphatic rings. The Balaban J connectivity index is 1.66. The molecule has 1 aromatic rings. The Bertz CT molecular complexity index is 658. The highest BCUT2D eigenvalue weighted by Gasteiger charge is 2.59. The smallest absolute Gasteiger partial charge is 0.306 e. The molecule has 1 aromatic carbocycles. The number of carbonyl (C=O) groups excluding carboxylic acids is 2. The van der Waals surface area contributed by atoms with E-state index < -0.39 is 0 Å². The molecule has 1 atom stereocenters. The number of anilines is 1. The van der Waals surface area contributed by atoms with Crippen LogP contribution in [0.1, 0.15) is 12.8 Å². The van der Waals surface area contributed by atoms with Gasteiger partial charge in [-0.05, 0) is 44.2 Å². The van der Waals surface area contributed by atoms with Gasteiger partial charge in [0, 0.05) is 18.8 Å². The number of nitrogens with zero attached hydrogens (tertiary/aromatic N) is 3. The molecular weight excluding hydrogens is 317 g/mol. The number of piperidine rings is 1. The summed E-state index contributed by atoms with van der Waals surface area (Å²) in [6.45, 7) is 1.85. The quantitative estimate of drug-likeness (QED) is 0.738. The molecular formula is C16H18FN3O2S.